The molecule has 4 nitrogen and oxygen atoms in total. The SMILES string of the molecule is C=C(CCN1CCC(F)(F)CC1)n1cc(C)nc1C=O. The third-order valence-electron chi connectivity index (χ3n) is 3.60. The Morgan fingerprint density at radius 2 is 2.15 bits per heavy atom. The quantitative estimate of drug-likeness (QED) is 0.780. The first-order valence-electron chi connectivity index (χ1n) is 6.71. The molecular formula is C14H19F2N3O. The van der Waals surface area contributed by atoms with E-state index in [9.17, 15) is 13.6 Å². The number of imidazole rings is 1. The number of hydrogen-bond donors (Lipinski definition) is 0. The molecule has 0 atom stereocenters. The van der Waals surface area contributed by atoms with Gasteiger partial charge in [0.15, 0.2) is 12.1 Å². The molecule has 1 saturated heterocycles. The molecule has 0 amide bonds. The maximum absolute atomic E-state index is 13.0. The van der Waals surface area contributed by atoms with E-state index in [-0.39, 0.29) is 12.8 Å². The molecule has 1 aliphatic heterocycles. The number of halogens is 2. The first-order valence-corrected chi connectivity index (χ1v) is 6.71. The predicted octanol–water partition coefficient (Wildman–Crippen LogP) is 2.60. The van der Waals surface area contributed by atoms with E-state index >= 15 is 0 Å². The van der Waals surface area contributed by atoms with Gasteiger partial charge >= 0.3 is 0 Å². The molecule has 1 aliphatic rings. The van der Waals surface area contributed by atoms with Crippen LogP contribution in [0.2, 0.25) is 0 Å². The monoisotopic (exact) mass is 283 g/mol. The lowest BCUT2D eigenvalue weighted by molar-refractivity contribution is -0.0546. The van der Waals surface area contributed by atoms with E-state index in [2.05, 4.69) is 11.6 Å². The van der Waals surface area contributed by atoms with Gasteiger partial charge in [-0.2, -0.15) is 0 Å². The average Bonchev–Trinajstić information content (AvgIpc) is 2.78. The van der Waals surface area contributed by atoms with Crippen molar-refractivity contribution in [1.29, 1.82) is 0 Å². The highest BCUT2D eigenvalue weighted by molar-refractivity contribution is 5.72. The summed E-state index contributed by atoms with van der Waals surface area (Å²) in [5.41, 5.74) is 1.51. The zero-order valence-corrected chi connectivity index (χ0v) is 11.6. The largest absolute Gasteiger partial charge is 0.303 e. The van der Waals surface area contributed by atoms with Crippen LogP contribution in [0.25, 0.3) is 5.70 Å². The maximum atomic E-state index is 13.0. The van der Waals surface area contributed by atoms with Gasteiger partial charge in [0.2, 0.25) is 0 Å². The Kier molecular flexibility index (Phi) is 4.32. The summed E-state index contributed by atoms with van der Waals surface area (Å²) in [5, 5.41) is 0. The van der Waals surface area contributed by atoms with Crippen molar-refractivity contribution in [2.45, 2.75) is 32.1 Å². The van der Waals surface area contributed by atoms with Crippen LogP contribution in [0, 0.1) is 6.92 Å². The first-order chi connectivity index (χ1) is 9.41. The van der Waals surface area contributed by atoms with E-state index in [1.54, 1.807) is 10.8 Å². The van der Waals surface area contributed by atoms with Crippen molar-refractivity contribution in [2.24, 2.45) is 0 Å². The fourth-order valence-electron chi connectivity index (χ4n) is 2.36. The molecular weight excluding hydrogens is 264 g/mol. The lowest BCUT2D eigenvalue weighted by Gasteiger charge is -2.31. The molecule has 20 heavy (non-hydrogen) atoms. The lowest BCUT2D eigenvalue weighted by atomic mass is 10.1. The van der Waals surface area contributed by atoms with Gasteiger partial charge in [-0.25, -0.2) is 13.8 Å². The minimum Gasteiger partial charge on any atom is -0.303 e. The normalized spacial score (nSPS) is 18.9. The highest BCUT2D eigenvalue weighted by Crippen LogP contribution is 2.28. The molecule has 1 aromatic rings. The predicted molar refractivity (Wildman–Crippen MR) is 72.9 cm³/mol. The summed E-state index contributed by atoms with van der Waals surface area (Å²) >= 11 is 0. The summed E-state index contributed by atoms with van der Waals surface area (Å²) in [4.78, 5) is 17.0. The number of carbonyl (C=O) groups excluding carboxylic acids is 1. The molecule has 0 spiro atoms. The Hall–Kier alpha value is -1.56. The van der Waals surface area contributed by atoms with Crippen LogP contribution in [0.3, 0.4) is 0 Å². The molecule has 0 N–H and O–H groups in total. The summed E-state index contributed by atoms with van der Waals surface area (Å²) < 4.78 is 27.8. The minimum absolute atomic E-state index is 0.0801. The molecule has 0 unspecified atom stereocenters. The van der Waals surface area contributed by atoms with Crippen LogP contribution in [0.1, 0.15) is 35.6 Å². The number of hydrogen-bond acceptors (Lipinski definition) is 3. The van der Waals surface area contributed by atoms with Crippen molar-refractivity contribution in [3.05, 3.63) is 24.3 Å². The smallest absolute Gasteiger partial charge is 0.250 e. The number of alkyl halides is 2. The minimum atomic E-state index is -2.51. The summed E-state index contributed by atoms with van der Waals surface area (Å²) in [6.07, 6.45) is 2.92. The molecule has 0 saturated carbocycles. The van der Waals surface area contributed by atoms with Gasteiger partial charge in [-0.1, -0.05) is 6.58 Å². The zero-order valence-electron chi connectivity index (χ0n) is 11.6. The summed E-state index contributed by atoms with van der Waals surface area (Å²) in [6, 6.07) is 0. The van der Waals surface area contributed by atoms with Crippen molar-refractivity contribution >= 4 is 12.0 Å². The van der Waals surface area contributed by atoms with Gasteiger partial charge in [-0.15, -0.1) is 0 Å². The molecule has 1 fully saturated rings. The van der Waals surface area contributed by atoms with Crippen LogP contribution in [0.15, 0.2) is 12.8 Å². The summed E-state index contributed by atoms with van der Waals surface area (Å²) in [5.74, 6) is -2.18. The third kappa shape index (κ3) is 3.50. The molecule has 110 valence electrons. The number of carbonyl (C=O) groups is 1. The maximum Gasteiger partial charge on any atom is 0.250 e. The van der Waals surface area contributed by atoms with Crippen molar-refractivity contribution in [1.82, 2.24) is 14.5 Å². The van der Waals surface area contributed by atoms with Crippen molar-refractivity contribution < 1.29 is 13.6 Å². The van der Waals surface area contributed by atoms with E-state index in [0.29, 0.717) is 38.2 Å². The van der Waals surface area contributed by atoms with Gasteiger partial charge in [0.1, 0.15) is 0 Å². The topological polar surface area (TPSA) is 38.1 Å². The molecule has 0 bridgehead atoms. The van der Waals surface area contributed by atoms with Gasteiger partial charge in [0.25, 0.3) is 5.92 Å². The molecule has 0 aliphatic carbocycles. The number of nitrogens with zero attached hydrogens (tertiary/aromatic N) is 3. The van der Waals surface area contributed by atoms with E-state index in [1.807, 2.05) is 11.8 Å². The Morgan fingerprint density at radius 1 is 1.50 bits per heavy atom. The number of piperidine rings is 1. The van der Waals surface area contributed by atoms with Gasteiger partial charge in [0, 0.05) is 50.8 Å². The third-order valence-corrected chi connectivity index (χ3v) is 3.60. The number of aryl methyl sites for hydroxylation is 1. The molecule has 0 aromatic carbocycles. The molecule has 2 rings (SSSR count). The number of rotatable bonds is 5. The first kappa shape index (κ1) is 14.8. The Bertz CT molecular complexity index is 501. The second kappa shape index (κ2) is 5.83. The fourth-order valence-corrected chi connectivity index (χ4v) is 2.36. The van der Waals surface area contributed by atoms with E-state index in [4.69, 9.17) is 0 Å². The summed E-state index contributed by atoms with van der Waals surface area (Å²) in [7, 11) is 0. The second-order valence-electron chi connectivity index (χ2n) is 5.24. The zero-order chi connectivity index (χ0) is 14.8. The van der Waals surface area contributed by atoms with Gasteiger partial charge in [0.05, 0.1) is 5.69 Å². The van der Waals surface area contributed by atoms with Crippen LogP contribution in [-0.4, -0.2) is 46.3 Å². The number of aldehydes is 1. The van der Waals surface area contributed by atoms with E-state index in [0.717, 1.165) is 11.4 Å². The summed E-state index contributed by atoms with van der Waals surface area (Å²) in [6.45, 7) is 7.24. The second-order valence-corrected chi connectivity index (χ2v) is 5.24. The molecule has 2 heterocycles. The van der Waals surface area contributed by atoms with Gasteiger partial charge in [-0.3, -0.25) is 4.79 Å². The molecule has 0 radical (unpaired) electrons. The van der Waals surface area contributed by atoms with Gasteiger partial charge < -0.3 is 9.47 Å². The molecule has 6 heteroatoms. The Labute approximate surface area is 117 Å². The Morgan fingerprint density at radius 3 is 2.75 bits per heavy atom. The highest BCUT2D eigenvalue weighted by atomic mass is 19.3. The number of likely N-dealkylation sites (tertiary alicyclic amines) is 1. The highest BCUT2D eigenvalue weighted by Gasteiger charge is 2.33. The standard InChI is InChI=1S/C14H19F2N3O/c1-11-9-19(13(10-20)17-11)12(2)3-6-18-7-4-14(15,16)5-8-18/h9-10H,2-8H2,1H3. The van der Waals surface area contributed by atoms with Crippen LogP contribution < -0.4 is 0 Å². The average molecular weight is 283 g/mol. The van der Waals surface area contributed by atoms with Crippen molar-refractivity contribution in [2.75, 3.05) is 19.6 Å². The van der Waals surface area contributed by atoms with E-state index < -0.39 is 5.92 Å². The van der Waals surface area contributed by atoms with Crippen molar-refractivity contribution in [3.8, 4) is 0 Å². The Balaban J connectivity index is 1.88. The van der Waals surface area contributed by atoms with Crippen LogP contribution >= 0.6 is 0 Å². The van der Waals surface area contributed by atoms with E-state index in [1.165, 1.54) is 0 Å². The van der Waals surface area contributed by atoms with Crippen LogP contribution in [0.4, 0.5) is 8.78 Å². The number of aromatic nitrogens is 2. The fraction of sp³-hybridized carbons (Fsp3) is 0.571. The lowest BCUT2D eigenvalue weighted by Crippen LogP contribution is -2.39. The van der Waals surface area contributed by atoms with Crippen LogP contribution in [-0.2, 0) is 0 Å². The molecule has 1 aromatic heterocycles. The van der Waals surface area contributed by atoms with Crippen LogP contribution in [0.5, 0.6) is 0 Å². The van der Waals surface area contributed by atoms with Crippen molar-refractivity contribution in [3.63, 3.8) is 0 Å². The van der Waals surface area contributed by atoms with Gasteiger partial charge in [-0.05, 0) is 6.92 Å².